The number of aromatic nitrogens is 2. The van der Waals surface area contributed by atoms with E-state index in [4.69, 9.17) is 0 Å². The fraction of sp³-hybridized carbons (Fsp3) is 0.714. The molecule has 0 amide bonds. The molecule has 2 fully saturated rings. The predicted molar refractivity (Wildman–Crippen MR) is 79.3 cm³/mol. The number of piperazine rings is 1. The number of hydrogen-bond acceptors (Lipinski definition) is 5. The van der Waals surface area contributed by atoms with E-state index in [0.717, 1.165) is 57.8 Å². The topological polar surface area (TPSA) is 53.4 Å². The van der Waals surface area contributed by atoms with Crippen molar-refractivity contribution in [2.75, 3.05) is 51.2 Å². The largest absolute Gasteiger partial charge is 0.368 e. The van der Waals surface area contributed by atoms with Crippen molar-refractivity contribution in [2.45, 2.75) is 18.9 Å². The van der Waals surface area contributed by atoms with Gasteiger partial charge in [0.15, 0.2) is 0 Å². The maximum absolute atomic E-state index is 12.3. The van der Waals surface area contributed by atoms with Crippen molar-refractivity contribution in [3.05, 3.63) is 22.6 Å². The van der Waals surface area contributed by atoms with Gasteiger partial charge in [-0.1, -0.05) is 0 Å². The van der Waals surface area contributed by atoms with Gasteiger partial charge in [-0.2, -0.15) is 5.10 Å². The minimum absolute atomic E-state index is 0.0233. The summed E-state index contributed by atoms with van der Waals surface area (Å²) in [4.78, 5) is 16.8. The minimum Gasteiger partial charge on any atom is -0.368 e. The van der Waals surface area contributed by atoms with E-state index in [1.54, 1.807) is 10.7 Å². The molecule has 1 atom stereocenters. The van der Waals surface area contributed by atoms with Crippen LogP contribution in [0.3, 0.4) is 0 Å². The van der Waals surface area contributed by atoms with Crippen LogP contribution >= 0.6 is 0 Å². The van der Waals surface area contributed by atoms with Crippen LogP contribution in [0.5, 0.6) is 0 Å². The van der Waals surface area contributed by atoms with Crippen LogP contribution < -0.4 is 15.8 Å². The molecule has 0 radical (unpaired) electrons. The Kier molecular flexibility index (Phi) is 4.03. The highest BCUT2D eigenvalue weighted by atomic mass is 16.1. The van der Waals surface area contributed by atoms with Crippen molar-refractivity contribution in [2.24, 2.45) is 0 Å². The average Bonchev–Trinajstić information content (AvgIpc) is 2.49. The monoisotopic (exact) mass is 277 g/mol. The standard InChI is InChI=1S/C14H23N5O/c1-17-5-7-18(8-6-17)13-9-14(20)19(16-11-13)12-3-2-4-15-10-12/h9,11-12,15H,2-8,10H2,1H3/t12-/m1/s1. The van der Waals surface area contributed by atoms with Crippen LogP contribution in [0.2, 0.25) is 0 Å². The Hall–Kier alpha value is -1.40. The summed E-state index contributed by atoms with van der Waals surface area (Å²) in [6, 6.07) is 1.95. The lowest BCUT2D eigenvalue weighted by Crippen LogP contribution is -2.45. The van der Waals surface area contributed by atoms with Crippen LogP contribution in [0.15, 0.2) is 17.1 Å². The summed E-state index contributed by atoms with van der Waals surface area (Å²) in [6.45, 7) is 5.90. The van der Waals surface area contributed by atoms with Crippen LogP contribution in [-0.4, -0.2) is 61.0 Å². The van der Waals surface area contributed by atoms with E-state index in [2.05, 4.69) is 27.3 Å². The first kappa shape index (κ1) is 13.6. The summed E-state index contributed by atoms with van der Waals surface area (Å²) in [5.74, 6) is 0. The zero-order chi connectivity index (χ0) is 13.9. The quantitative estimate of drug-likeness (QED) is 0.819. The van der Waals surface area contributed by atoms with E-state index >= 15 is 0 Å². The molecule has 1 aromatic heterocycles. The van der Waals surface area contributed by atoms with Crippen LogP contribution in [0, 0.1) is 0 Å². The first-order chi connectivity index (χ1) is 9.74. The zero-order valence-corrected chi connectivity index (χ0v) is 12.1. The van der Waals surface area contributed by atoms with Crippen molar-refractivity contribution >= 4 is 5.69 Å². The second kappa shape index (κ2) is 5.93. The van der Waals surface area contributed by atoms with Gasteiger partial charge < -0.3 is 15.1 Å². The second-order valence-corrected chi connectivity index (χ2v) is 5.79. The molecular weight excluding hydrogens is 254 g/mol. The van der Waals surface area contributed by atoms with Gasteiger partial charge in [0, 0.05) is 38.8 Å². The molecule has 3 heterocycles. The van der Waals surface area contributed by atoms with Gasteiger partial charge in [0.1, 0.15) is 0 Å². The van der Waals surface area contributed by atoms with Crippen molar-refractivity contribution in [3.8, 4) is 0 Å². The van der Waals surface area contributed by atoms with Crippen LogP contribution in [-0.2, 0) is 0 Å². The summed E-state index contributed by atoms with van der Waals surface area (Å²) < 4.78 is 1.64. The number of rotatable bonds is 2. The van der Waals surface area contributed by atoms with Crippen LogP contribution in [0.4, 0.5) is 5.69 Å². The van der Waals surface area contributed by atoms with Crippen LogP contribution in [0.1, 0.15) is 18.9 Å². The predicted octanol–water partition coefficient (Wildman–Crippen LogP) is -0.0804. The number of hydrogen-bond donors (Lipinski definition) is 1. The van der Waals surface area contributed by atoms with Gasteiger partial charge in [-0.05, 0) is 26.4 Å². The summed E-state index contributed by atoms with van der Waals surface area (Å²) in [7, 11) is 2.13. The first-order valence-electron chi connectivity index (χ1n) is 7.47. The van der Waals surface area contributed by atoms with Gasteiger partial charge in [-0.15, -0.1) is 0 Å². The number of piperidine rings is 1. The lowest BCUT2D eigenvalue weighted by Gasteiger charge is -2.34. The average molecular weight is 277 g/mol. The van der Waals surface area contributed by atoms with Gasteiger partial charge in [0.05, 0.1) is 17.9 Å². The Morgan fingerprint density at radius 2 is 2.10 bits per heavy atom. The SMILES string of the molecule is CN1CCN(c2cnn([C@@H]3CCCNC3)c(=O)c2)CC1. The molecule has 3 rings (SSSR count). The summed E-state index contributed by atoms with van der Waals surface area (Å²) >= 11 is 0. The fourth-order valence-electron chi connectivity index (χ4n) is 2.96. The van der Waals surface area contributed by atoms with E-state index < -0.39 is 0 Å². The summed E-state index contributed by atoms with van der Waals surface area (Å²) in [5.41, 5.74) is 0.984. The highest BCUT2D eigenvalue weighted by Crippen LogP contribution is 2.16. The number of nitrogens with zero attached hydrogens (tertiary/aromatic N) is 4. The van der Waals surface area contributed by atoms with Crippen LogP contribution in [0.25, 0.3) is 0 Å². The van der Waals surface area contributed by atoms with Gasteiger partial charge in [0.25, 0.3) is 5.56 Å². The van der Waals surface area contributed by atoms with Gasteiger partial charge in [-0.25, -0.2) is 4.68 Å². The Morgan fingerprint density at radius 1 is 1.30 bits per heavy atom. The van der Waals surface area contributed by atoms with Gasteiger partial charge in [-0.3, -0.25) is 4.79 Å². The highest BCUT2D eigenvalue weighted by molar-refractivity contribution is 5.43. The molecule has 1 aromatic rings. The maximum Gasteiger partial charge on any atom is 0.269 e. The normalized spacial score (nSPS) is 24.9. The third-order valence-corrected chi connectivity index (χ3v) is 4.30. The third-order valence-electron chi connectivity index (χ3n) is 4.30. The molecule has 0 bridgehead atoms. The molecule has 1 N–H and O–H groups in total. The Bertz CT molecular complexity index is 501. The minimum atomic E-state index is 0.0233. The third kappa shape index (κ3) is 2.86. The van der Waals surface area contributed by atoms with Crippen molar-refractivity contribution in [1.82, 2.24) is 20.0 Å². The Morgan fingerprint density at radius 3 is 2.75 bits per heavy atom. The molecule has 110 valence electrons. The van der Waals surface area contributed by atoms with E-state index in [1.165, 1.54) is 0 Å². The van der Waals surface area contributed by atoms with Gasteiger partial charge >= 0.3 is 0 Å². The van der Waals surface area contributed by atoms with E-state index in [9.17, 15) is 4.79 Å². The zero-order valence-electron chi connectivity index (χ0n) is 12.1. The number of anilines is 1. The Labute approximate surface area is 119 Å². The molecule has 6 heteroatoms. The van der Waals surface area contributed by atoms with Crippen molar-refractivity contribution in [1.29, 1.82) is 0 Å². The molecule has 6 nitrogen and oxygen atoms in total. The molecule has 0 unspecified atom stereocenters. The van der Waals surface area contributed by atoms with E-state index in [-0.39, 0.29) is 11.6 Å². The lowest BCUT2D eigenvalue weighted by molar-refractivity contribution is 0.311. The summed E-state index contributed by atoms with van der Waals surface area (Å²) in [6.07, 6.45) is 3.99. The van der Waals surface area contributed by atoms with Gasteiger partial charge in [0.2, 0.25) is 0 Å². The molecule has 0 saturated carbocycles. The van der Waals surface area contributed by atoms with Crippen molar-refractivity contribution in [3.63, 3.8) is 0 Å². The number of likely N-dealkylation sites (N-methyl/N-ethyl adjacent to an activating group) is 1. The molecule has 20 heavy (non-hydrogen) atoms. The maximum atomic E-state index is 12.3. The molecule has 2 saturated heterocycles. The molecule has 0 aliphatic carbocycles. The fourth-order valence-corrected chi connectivity index (χ4v) is 2.96. The van der Waals surface area contributed by atoms with E-state index in [1.807, 2.05) is 6.20 Å². The smallest absolute Gasteiger partial charge is 0.269 e. The number of nitrogens with one attached hydrogen (secondary N) is 1. The summed E-state index contributed by atoms with van der Waals surface area (Å²) in [5, 5.41) is 7.73. The Balaban J connectivity index is 1.75. The first-order valence-corrected chi connectivity index (χ1v) is 7.47. The molecular formula is C14H23N5O. The second-order valence-electron chi connectivity index (χ2n) is 5.79. The molecule has 2 aliphatic heterocycles. The van der Waals surface area contributed by atoms with E-state index in [0.29, 0.717) is 0 Å². The molecule has 2 aliphatic rings. The molecule has 0 spiro atoms. The lowest BCUT2D eigenvalue weighted by atomic mass is 10.1. The molecule has 0 aromatic carbocycles. The highest BCUT2D eigenvalue weighted by Gasteiger charge is 2.19. The van der Waals surface area contributed by atoms with Crippen molar-refractivity contribution < 1.29 is 0 Å².